The van der Waals surface area contributed by atoms with Gasteiger partial charge < -0.3 is 9.88 Å². The lowest BCUT2D eigenvalue weighted by atomic mass is 9.90. The van der Waals surface area contributed by atoms with Crippen molar-refractivity contribution in [3.63, 3.8) is 0 Å². The van der Waals surface area contributed by atoms with Crippen molar-refractivity contribution in [2.45, 2.75) is 38.8 Å². The fourth-order valence-corrected chi connectivity index (χ4v) is 4.25. The van der Waals surface area contributed by atoms with Crippen LogP contribution in [0.1, 0.15) is 41.3 Å². The number of rotatable bonds is 4. The Labute approximate surface area is 159 Å². The van der Waals surface area contributed by atoms with Gasteiger partial charge in [-0.3, -0.25) is 4.79 Å². The van der Waals surface area contributed by atoms with Crippen LogP contribution in [0.2, 0.25) is 0 Å². The van der Waals surface area contributed by atoms with E-state index in [-0.39, 0.29) is 17.8 Å². The smallest absolute Gasteiger partial charge is 0.238 e. The second-order valence-corrected chi connectivity index (χ2v) is 7.38. The lowest BCUT2D eigenvalue weighted by Crippen LogP contribution is -2.37. The van der Waals surface area contributed by atoms with Gasteiger partial charge in [0.15, 0.2) is 0 Å². The standard InChI is InChI=1S/C22H23ClN2O/c1-15-10-11-19-18(12-15)17-8-5-9-20(22(17)24-19)25(21(26)13-23)14-16-6-3-2-4-7-16/h2-4,6-7,10-12,20,24H,5,8-9,13-14H2,1H3/t20-/m0/s1. The zero-order chi connectivity index (χ0) is 18.1. The molecule has 0 unspecified atom stereocenters. The minimum absolute atomic E-state index is 0.0109. The summed E-state index contributed by atoms with van der Waals surface area (Å²) in [7, 11) is 0. The Morgan fingerprint density at radius 1 is 1.23 bits per heavy atom. The highest BCUT2D eigenvalue weighted by molar-refractivity contribution is 6.27. The quantitative estimate of drug-likeness (QED) is 0.639. The van der Waals surface area contributed by atoms with Crippen LogP contribution in [0.15, 0.2) is 48.5 Å². The summed E-state index contributed by atoms with van der Waals surface area (Å²) in [6.45, 7) is 2.71. The van der Waals surface area contributed by atoms with Gasteiger partial charge in [0.25, 0.3) is 0 Å². The molecule has 0 saturated heterocycles. The Kier molecular flexibility index (Phi) is 4.73. The SMILES string of the molecule is Cc1ccc2[nH]c3c(c2c1)CCC[C@@H]3N(Cc1ccccc1)C(=O)CCl. The molecule has 1 amide bonds. The van der Waals surface area contributed by atoms with Gasteiger partial charge in [-0.25, -0.2) is 0 Å². The number of H-pyrrole nitrogens is 1. The zero-order valence-electron chi connectivity index (χ0n) is 15.0. The summed E-state index contributed by atoms with van der Waals surface area (Å²) in [4.78, 5) is 18.2. The maximum atomic E-state index is 12.7. The van der Waals surface area contributed by atoms with Crippen molar-refractivity contribution in [2.75, 3.05) is 5.88 Å². The number of carbonyl (C=O) groups is 1. The summed E-state index contributed by atoms with van der Waals surface area (Å²) >= 11 is 5.96. The number of benzene rings is 2. The van der Waals surface area contributed by atoms with Crippen molar-refractivity contribution in [1.82, 2.24) is 9.88 Å². The van der Waals surface area contributed by atoms with Crippen molar-refractivity contribution in [3.8, 4) is 0 Å². The predicted molar refractivity (Wildman–Crippen MR) is 106 cm³/mol. The number of hydrogen-bond donors (Lipinski definition) is 1. The number of aromatic amines is 1. The molecule has 0 aliphatic heterocycles. The molecule has 0 spiro atoms. The molecule has 4 rings (SSSR count). The third-order valence-corrected chi connectivity index (χ3v) is 5.57. The summed E-state index contributed by atoms with van der Waals surface area (Å²) in [6.07, 6.45) is 3.11. The van der Waals surface area contributed by atoms with Crippen molar-refractivity contribution < 1.29 is 4.79 Å². The summed E-state index contributed by atoms with van der Waals surface area (Å²) in [6, 6.07) is 16.7. The number of nitrogens with zero attached hydrogens (tertiary/aromatic N) is 1. The van der Waals surface area contributed by atoms with Crippen LogP contribution in [0.3, 0.4) is 0 Å². The van der Waals surface area contributed by atoms with E-state index in [1.54, 1.807) is 0 Å². The highest BCUT2D eigenvalue weighted by Gasteiger charge is 2.31. The monoisotopic (exact) mass is 366 g/mol. The van der Waals surface area contributed by atoms with E-state index in [0.717, 1.165) is 30.3 Å². The number of nitrogens with one attached hydrogen (secondary N) is 1. The molecule has 0 bridgehead atoms. The van der Waals surface area contributed by atoms with E-state index >= 15 is 0 Å². The first kappa shape index (κ1) is 17.2. The molecule has 1 aliphatic carbocycles. The molecule has 2 aromatic carbocycles. The Morgan fingerprint density at radius 2 is 2.04 bits per heavy atom. The number of halogens is 1. The van der Waals surface area contributed by atoms with Crippen molar-refractivity contribution in [2.24, 2.45) is 0 Å². The van der Waals surface area contributed by atoms with Gasteiger partial charge in [-0.05, 0) is 49.4 Å². The van der Waals surface area contributed by atoms with Crippen molar-refractivity contribution in [3.05, 3.63) is 70.9 Å². The number of aromatic nitrogens is 1. The summed E-state index contributed by atoms with van der Waals surface area (Å²) in [5.41, 5.74) is 6.10. The van der Waals surface area contributed by atoms with Gasteiger partial charge in [0.1, 0.15) is 5.88 Å². The van der Waals surface area contributed by atoms with Gasteiger partial charge in [0.2, 0.25) is 5.91 Å². The van der Waals surface area contributed by atoms with Crippen molar-refractivity contribution in [1.29, 1.82) is 0 Å². The number of amides is 1. The maximum absolute atomic E-state index is 12.7. The van der Waals surface area contributed by atoms with Crippen LogP contribution in [0.4, 0.5) is 0 Å². The lowest BCUT2D eigenvalue weighted by Gasteiger charge is -2.34. The van der Waals surface area contributed by atoms with Gasteiger partial charge in [-0.2, -0.15) is 0 Å². The first-order valence-corrected chi connectivity index (χ1v) is 9.71. The minimum atomic E-state index is -0.0109. The Balaban J connectivity index is 1.76. The fraction of sp³-hybridized carbons (Fsp3) is 0.318. The first-order valence-electron chi connectivity index (χ1n) is 9.18. The molecule has 1 N–H and O–H groups in total. The Hall–Kier alpha value is -2.26. The summed E-state index contributed by atoms with van der Waals surface area (Å²) in [5.74, 6) is 0.000988. The van der Waals surface area contributed by atoms with Crippen LogP contribution in [0.25, 0.3) is 10.9 Å². The molecular weight excluding hydrogens is 344 g/mol. The van der Waals surface area contributed by atoms with E-state index in [4.69, 9.17) is 11.6 Å². The van der Waals surface area contributed by atoms with Gasteiger partial charge in [-0.15, -0.1) is 11.6 Å². The number of fused-ring (bicyclic) bond motifs is 3. The Bertz CT molecular complexity index is 932. The second kappa shape index (κ2) is 7.16. The average molecular weight is 367 g/mol. The highest BCUT2D eigenvalue weighted by atomic mass is 35.5. The van der Waals surface area contributed by atoms with Gasteiger partial charge in [0.05, 0.1) is 6.04 Å². The number of alkyl halides is 1. The molecule has 4 heteroatoms. The fourth-order valence-electron chi connectivity index (χ4n) is 4.09. The summed E-state index contributed by atoms with van der Waals surface area (Å²) < 4.78 is 0. The largest absolute Gasteiger partial charge is 0.356 e. The van der Waals surface area contributed by atoms with Gasteiger partial charge in [0, 0.05) is 23.1 Å². The van der Waals surface area contributed by atoms with Crippen LogP contribution >= 0.6 is 11.6 Å². The molecule has 134 valence electrons. The van der Waals surface area contributed by atoms with Gasteiger partial charge >= 0.3 is 0 Å². The first-order chi connectivity index (χ1) is 12.7. The number of carbonyl (C=O) groups excluding carboxylic acids is 1. The molecule has 0 fully saturated rings. The predicted octanol–water partition coefficient (Wildman–Crippen LogP) is 5.12. The van der Waals surface area contributed by atoms with Crippen LogP contribution in [0.5, 0.6) is 0 Å². The van der Waals surface area contributed by atoms with E-state index in [1.807, 2.05) is 23.1 Å². The molecule has 1 aromatic heterocycles. The van der Waals surface area contributed by atoms with Gasteiger partial charge in [-0.1, -0.05) is 42.0 Å². The van der Waals surface area contributed by atoms with Crippen LogP contribution in [0, 0.1) is 6.92 Å². The third-order valence-electron chi connectivity index (χ3n) is 5.34. The molecular formula is C22H23ClN2O. The molecule has 3 aromatic rings. The molecule has 3 nitrogen and oxygen atoms in total. The van der Waals surface area contributed by atoms with Crippen molar-refractivity contribution >= 4 is 28.4 Å². The Morgan fingerprint density at radius 3 is 2.81 bits per heavy atom. The molecule has 26 heavy (non-hydrogen) atoms. The average Bonchev–Trinajstić information content (AvgIpc) is 3.04. The minimum Gasteiger partial charge on any atom is -0.356 e. The van der Waals surface area contributed by atoms with Crippen LogP contribution < -0.4 is 0 Å². The topological polar surface area (TPSA) is 36.1 Å². The summed E-state index contributed by atoms with van der Waals surface area (Å²) in [5, 5.41) is 1.29. The molecule has 1 aliphatic rings. The van der Waals surface area contributed by atoms with E-state index in [0.29, 0.717) is 6.54 Å². The zero-order valence-corrected chi connectivity index (χ0v) is 15.7. The number of aryl methyl sites for hydroxylation is 2. The van der Waals surface area contributed by atoms with Crippen LogP contribution in [-0.2, 0) is 17.8 Å². The third kappa shape index (κ3) is 3.12. The van der Waals surface area contributed by atoms with E-state index in [2.05, 4.69) is 42.2 Å². The molecule has 1 atom stereocenters. The second-order valence-electron chi connectivity index (χ2n) is 7.12. The normalized spacial score (nSPS) is 16.5. The maximum Gasteiger partial charge on any atom is 0.238 e. The van der Waals surface area contributed by atoms with E-state index in [9.17, 15) is 4.79 Å². The van der Waals surface area contributed by atoms with E-state index in [1.165, 1.54) is 22.2 Å². The van der Waals surface area contributed by atoms with Crippen LogP contribution in [-0.4, -0.2) is 21.7 Å². The highest BCUT2D eigenvalue weighted by Crippen LogP contribution is 2.39. The molecule has 0 saturated carbocycles. The molecule has 0 radical (unpaired) electrons. The van der Waals surface area contributed by atoms with E-state index < -0.39 is 0 Å². The lowest BCUT2D eigenvalue weighted by molar-refractivity contribution is -0.132. The number of hydrogen-bond acceptors (Lipinski definition) is 1. The molecule has 1 heterocycles.